The number of carbonyl (C=O) groups is 2. The number of hydrogen-bond donors (Lipinski definition) is 2. The molecule has 0 aliphatic heterocycles. The minimum absolute atomic E-state index is 0.319. The standard InChI is InChI=1S/C25H20ClN3O2/c26-20-12-5-4-10-18(20)24(30)29-23(16-17-8-2-1-3-9-17)25(31)28-22-14-6-13-21-19(22)11-7-15-27-21/h1-15,23H,16H2,(H,28,31)(H,29,30)/t23-/m1/s1. The van der Waals surface area contributed by atoms with Gasteiger partial charge in [0.1, 0.15) is 6.04 Å². The molecule has 0 saturated carbocycles. The van der Waals surface area contributed by atoms with Crippen LogP contribution in [0.2, 0.25) is 5.02 Å². The first-order valence-corrected chi connectivity index (χ1v) is 10.2. The van der Waals surface area contributed by atoms with Crippen molar-refractivity contribution >= 4 is 40.0 Å². The van der Waals surface area contributed by atoms with Gasteiger partial charge in [-0.05, 0) is 42.0 Å². The molecule has 4 aromatic rings. The summed E-state index contributed by atoms with van der Waals surface area (Å²) in [7, 11) is 0. The van der Waals surface area contributed by atoms with E-state index in [1.807, 2.05) is 60.7 Å². The predicted octanol–water partition coefficient (Wildman–Crippen LogP) is 4.87. The molecule has 0 saturated heterocycles. The summed E-state index contributed by atoms with van der Waals surface area (Å²) in [6.07, 6.45) is 2.04. The van der Waals surface area contributed by atoms with Crippen LogP contribution in [0, 0.1) is 0 Å². The van der Waals surface area contributed by atoms with E-state index in [0.29, 0.717) is 22.7 Å². The Kier molecular flexibility index (Phi) is 6.24. The molecule has 2 amide bonds. The van der Waals surface area contributed by atoms with Crippen LogP contribution in [0.25, 0.3) is 10.9 Å². The van der Waals surface area contributed by atoms with Crippen LogP contribution < -0.4 is 10.6 Å². The number of hydrogen-bond acceptors (Lipinski definition) is 3. The molecule has 6 heteroatoms. The van der Waals surface area contributed by atoms with E-state index in [-0.39, 0.29) is 5.91 Å². The second-order valence-electron chi connectivity index (χ2n) is 7.06. The van der Waals surface area contributed by atoms with Crippen LogP contribution >= 0.6 is 11.6 Å². The number of benzene rings is 3. The number of halogens is 1. The van der Waals surface area contributed by atoms with E-state index in [0.717, 1.165) is 16.5 Å². The Balaban J connectivity index is 1.60. The van der Waals surface area contributed by atoms with Gasteiger partial charge in [-0.1, -0.05) is 60.1 Å². The van der Waals surface area contributed by atoms with Crippen LogP contribution in [-0.2, 0) is 11.2 Å². The molecular formula is C25H20ClN3O2. The minimum Gasteiger partial charge on any atom is -0.340 e. The van der Waals surface area contributed by atoms with Crippen LogP contribution in [0.4, 0.5) is 5.69 Å². The van der Waals surface area contributed by atoms with Gasteiger partial charge in [0.05, 0.1) is 21.8 Å². The van der Waals surface area contributed by atoms with E-state index in [1.54, 1.807) is 30.5 Å². The Bertz CT molecular complexity index is 1220. The first-order valence-electron chi connectivity index (χ1n) is 9.86. The fraction of sp³-hybridized carbons (Fsp3) is 0.0800. The number of fused-ring (bicyclic) bond motifs is 1. The lowest BCUT2D eigenvalue weighted by Crippen LogP contribution is -2.45. The molecule has 4 rings (SSSR count). The monoisotopic (exact) mass is 429 g/mol. The number of nitrogens with one attached hydrogen (secondary N) is 2. The maximum Gasteiger partial charge on any atom is 0.253 e. The van der Waals surface area contributed by atoms with Gasteiger partial charge < -0.3 is 10.6 Å². The lowest BCUT2D eigenvalue weighted by atomic mass is 10.0. The summed E-state index contributed by atoms with van der Waals surface area (Å²) < 4.78 is 0. The number of anilines is 1. The maximum absolute atomic E-state index is 13.2. The van der Waals surface area contributed by atoms with Gasteiger partial charge >= 0.3 is 0 Å². The summed E-state index contributed by atoms with van der Waals surface area (Å²) in [5, 5.41) is 6.95. The zero-order chi connectivity index (χ0) is 21.6. The van der Waals surface area contributed by atoms with Gasteiger partial charge in [-0.15, -0.1) is 0 Å². The lowest BCUT2D eigenvalue weighted by molar-refractivity contribution is -0.118. The van der Waals surface area contributed by atoms with Crippen LogP contribution in [0.3, 0.4) is 0 Å². The molecule has 5 nitrogen and oxygen atoms in total. The summed E-state index contributed by atoms with van der Waals surface area (Å²) in [6, 6.07) is 24.8. The van der Waals surface area contributed by atoms with E-state index in [2.05, 4.69) is 15.6 Å². The molecule has 0 spiro atoms. The second kappa shape index (κ2) is 9.41. The van der Waals surface area contributed by atoms with Crippen molar-refractivity contribution in [1.82, 2.24) is 10.3 Å². The average Bonchev–Trinajstić information content (AvgIpc) is 2.80. The van der Waals surface area contributed by atoms with Gasteiger partial charge in [0, 0.05) is 18.0 Å². The molecule has 0 aliphatic carbocycles. The van der Waals surface area contributed by atoms with Crippen molar-refractivity contribution in [3.63, 3.8) is 0 Å². The van der Waals surface area contributed by atoms with E-state index >= 15 is 0 Å². The maximum atomic E-state index is 13.2. The summed E-state index contributed by atoms with van der Waals surface area (Å²) in [6.45, 7) is 0. The first-order chi connectivity index (χ1) is 15.1. The Hall–Kier alpha value is -3.70. The smallest absolute Gasteiger partial charge is 0.253 e. The molecule has 1 heterocycles. The van der Waals surface area contributed by atoms with Crippen LogP contribution in [0.1, 0.15) is 15.9 Å². The van der Waals surface area contributed by atoms with Crippen LogP contribution in [0.5, 0.6) is 0 Å². The molecule has 1 aromatic heterocycles. The highest BCUT2D eigenvalue weighted by atomic mass is 35.5. The molecular weight excluding hydrogens is 410 g/mol. The fourth-order valence-corrected chi connectivity index (χ4v) is 3.59. The minimum atomic E-state index is -0.793. The van der Waals surface area contributed by atoms with Crippen molar-refractivity contribution in [3.05, 3.63) is 107 Å². The van der Waals surface area contributed by atoms with Crippen molar-refractivity contribution in [2.24, 2.45) is 0 Å². The summed E-state index contributed by atoms with van der Waals surface area (Å²) in [5.41, 5.74) is 2.67. The molecule has 0 unspecified atom stereocenters. The average molecular weight is 430 g/mol. The Morgan fingerprint density at radius 2 is 1.65 bits per heavy atom. The summed E-state index contributed by atoms with van der Waals surface area (Å²) >= 11 is 6.17. The molecule has 2 N–H and O–H groups in total. The number of aromatic nitrogens is 1. The van der Waals surface area contributed by atoms with Crippen molar-refractivity contribution in [1.29, 1.82) is 0 Å². The second-order valence-corrected chi connectivity index (χ2v) is 7.47. The quantitative estimate of drug-likeness (QED) is 0.459. The van der Waals surface area contributed by atoms with Gasteiger partial charge in [-0.2, -0.15) is 0 Å². The third kappa shape index (κ3) is 4.90. The molecule has 0 radical (unpaired) electrons. The van der Waals surface area contributed by atoms with E-state index < -0.39 is 11.9 Å². The summed E-state index contributed by atoms with van der Waals surface area (Å²) in [5.74, 6) is -0.720. The van der Waals surface area contributed by atoms with Crippen LogP contribution in [0.15, 0.2) is 91.1 Å². The number of rotatable bonds is 6. The van der Waals surface area contributed by atoms with Crippen molar-refractivity contribution < 1.29 is 9.59 Å². The fourth-order valence-electron chi connectivity index (χ4n) is 3.37. The van der Waals surface area contributed by atoms with Gasteiger partial charge in [0.25, 0.3) is 5.91 Å². The van der Waals surface area contributed by atoms with Gasteiger partial charge in [0.2, 0.25) is 5.91 Å². The number of nitrogens with zero attached hydrogens (tertiary/aromatic N) is 1. The molecule has 154 valence electrons. The van der Waals surface area contributed by atoms with E-state index in [1.165, 1.54) is 0 Å². The van der Waals surface area contributed by atoms with Gasteiger partial charge in [0.15, 0.2) is 0 Å². The summed E-state index contributed by atoms with van der Waals surface area (Å²) in [4.78, 5) is 30.4. The zero-order valence-electron chi connectivity index (χ0n) is 16.6. The lowest BCUT2D eigenvalue weighted by Gasteiger charge is -2.20. The molecule has 0 aliphatic rings. The highest BCUT2D eigenvalue weighted by Crippen LogP contribution is 2.22. The topological polar surface area (TPSA) is 71.1 Å². The Labute approximate surface area is 185 Å². The van der Waals surface area contributed by atoms with E-state index in [4.69, 9.17) is 11.6 Å². The van der Waals surface area contributed by atoms with Crippen molar-refractivity contribution in [3.8, 4) is 0 Å². The normalized spacial score (nSPS) is 11.6. The first kappa shape index (κ1) is 20.6. The molecule has 3 aromatic carbocycles. The molecule has 0 bridgehead atoms. The van der Waals surface area contributed by atoms with Gasteiger partial charge in [-0.25, -0.2) is 0 Å². The molecule has 1 atom stereocenters. The highest BCUT2D eigenvalue weighted by Gasteiger charge is 2.23. The van der Waals surface area contributed by atoms with Crippen LogP contribution in [-0.4, -0.2) is 22.8 Å². The van der Waals surface area contributed by atoms with Gasteiger partial charge in [-0.3, -0.25) is 14.6 Å². The largest absolute Gasteiger partial charge is 0.340 e. The Morgan fingerprint density at radius 1 is 0.871 bits per heavy atom. The van der Waals surface area contributed by atoms with Crippen molar-refractivity contribution in [2.45, 2.75) is 12.5 Å². The third-order valence-corrected chi connectivity index (χ3v) is 5.26. The number of amides is 2. The SMILES string of the molecule is O=C(N[C@H](Cc1ccccc1)C(=O)Nc1cccc2ncccc12)c1ccccc1Cl. The highest BCUT2D eigenvalue weighted by molar-refractivity contribution is 6.33. The predicted molar refractivity (Wildman–Crippen MR) is 123 cm³/mol. The molecule has 31 heavy (non-hydrogen) atoms. The third-order valence-electron chi connectivity index (χ3n) is 4.93. The number of pyridine rings is 1. The molecule has 0 fully saturated rings. The Morgan fingerprint density at radius 3 is 2.45 bits per heavy atom. The zero-order valence-corrected chi connectivity index (χ0v) is 17.3. The van der Waals surface area contributed by atoms with Crippen molar-refractivity contribution in [2.75, 3.05) is 5.32 Å². The van der Waals surface area contributed by atoms with E-state index in [9.17, 15) is 9.59 Å². The number of carbonyl (C=O) groups excluding carboxylic acids is 2.